The zero-order valence-corrected chi connectivity index (χ0v) is 10.4. The van der Waals surface area contributed by atoms with Gasteiger partial charge in [-0.2, -0.15) is 4.98 Å². The zero-order chi connectivity index (χ0) is 12.8. The van der Waals surface area contributed by atoms with E-state index in [-0.39, 0.29) is 5.91 Å². The molecule has 6 heteroatoms. The van der Waals surface area contributed by atoms with E-state index >= 15 is 0 Å². The number of hydrogen-bond acceptors (Lipinski definition) is 4. The Hall–Kier alpha value is -1.88. The summed E-state index contributed by atoms with van der Waals surface area (Å²) in [5.41, 5.74) is 1.59. The van der Waals surface area contributed by atoms with Gasteiger partial charge in [-0.15, -0.1) is 11.6 Å². The number of amides is 1. The van der Waals surface area contributed by atoms with E-state index in [0.29, 0.717) is 30.2 Å². The van der Waals surface area contributed by atoms with Gasteiger partial charge in [0.1, 0.15) is 0 Å². The fourth-order valence-electron chi connectivity index (χ4n) is 1.44. The number of benzene rings is 1. The molecule has 0 aliphatic carbocycles. The summed E-state index contributed by atoms with van der Waals surface area (Å²) in [6.45, 7) is 0.468. The molecule has 2 rings (SSSR count). The number of carbonyl (C=O) groups excluding carboxylic acids is 1. The van der Waals surface area contributed by atoms with E-state index in [0.717, 1.165) is 5.56 Å². The summed E-state index contributed by atoms with van der Waals surface area (Å²) in [4.78, 5) is 15.6. The molecule has 0 spiro atoms. The molecule has 0 fully saturated rings. The SMILES string of the molecule is O=C(NCCc1ncon1)c1ccc(CCl)cc1. The quantitative estimate of drug-likeness (QED) is 0.837. The fourth-order valence-corrected chi connectivity index (χ4v) is 1.62. The van der Waals surface area contributed by atoms with E-state index in [1.54, 1.807) is 12.1 Å². The van der Waals surface area contributed by atoms with Crippen molar-refractivity contribution in [3.8, 4) is 0 Å². The third-order valence-corrected chi connectivity index (χ3v) is 2.72. The molecule has 18 heavy (non-hydrogen) atoms. The van der Waals surface area contributed by atoms with Gasteiger partial charge in [0.25, 0.3) is 5.91 Å². The van der Waals surface area contributed by atoms with Crippen LogP contribution in [0.4, 0.5) is 0 Å². The van der Waals surface area contributed by atoms with E-state index in [1.165, 1.54) is 6.39 Å². The molecule has 1 aromatic heterocycles. The molecule has 0 bridgehead atoms. The molecule has 2 aromatic rings. The summed E-state index contributed by atoms with van der Waals surface area (Å²) in [5, 5.41) is 6.44. The van der Waals surface area contributed by atoms with E-state index in [4.69, 9.17) is 11.6 Å². The molecule has 0 saturated carbocycles. The van der Waals surface area contributed by atoms with Crippen molar-refractivity contribution in [3.05, 3.63) is 47.6 Å². The standard InChI is InChI=1S/C12H12ClN3O2/c13-7-9-1-3-10(4-2-9)12(17)14-6-5-11-15-8-18-16-11/h1-4,8H,5-7H2,(H,14,17). The van der Waals surface area contributed by atoms with Crippen molar-refractivity contribution in [2.45, 2.75) is 12.3 Å². The lowest BCUT2D eigenvalue weighted by Gasteiger charge is -2.04. The Labute approximate surface area is 109 Å². The molecule has 1 N–H and O–H groups in total. The molecule has 0 radical (unpaired) electrons. The van der Waals surface area contributed by atoms with Gasteiger partial charge in [0.05, 0.1) is 0 Å². The van der Waals surface area contributed by atoms with Gasteiger partial charge in [-0.1, -0.05) is 17.3 Å². The van der Waals surface area contributed by atoms with Crippen molar-refractivity contribution in [2.75, 3.05) is 6.54 Å². The minimum Gasteiger partial charge on any atom is -0.352 e. The molecule has 5 nitrogen and oxygen atoms in total. The molecular weight excluding hydrogens is 254 g/mol. The molecule has 0 aliphatic rings. The van der Waals surface area contributed by atoms with E-state index < -0.39 is 0 Å². The number of nitrogens with zero attached hydrogens (tertiary/aromatic N) is 2. The van der Waals surface area contributed by atoms with Crippen LogP contribution in [0.1, 0.15) is 21.7 Å². The van der Waals surface area contributed by atoms with E-state index in [2.05, 4.69) is 20.0 Å². The first-order valence-electron chi connectivity index (χ1n) is 5.48. The summed E-state index contributed by atoms with van der Waals surface area (Å²) in [5.74, 6) is 0.895. The van der Waals surface area contributed by atoms with Crippen LogP contribution in [0.2, 0.25) is 0 Å². The van der Waals surface area contributed by atoms with Crippen molar-refractivity contribution < 1.29 is 9.32 Å². The summed E-state index contributed by atoms with van der Waals surface area (Å²) in [6.07, 6.45) is 1.81. The van der Waals surface area contributed by atoms with E-state index in [1.807, 2.05) is 12.1 Å². The molecule has 0 aliphatic heterocycles. The van der Waals surface area contributed by atoms with Crippen molar-refractivity contribution in [3.63, 3.8) is 0 Å². The monoisotopic (exact) mass is 265 g/mol. The minimum absolute atomic E-state index is 0.125. The maximum absolute atomic E-state index is 11.8. The summed E-state index contributed by atoms with van der Waals surface area (Å²) in [6, 6.07) is 7.17. The number of carbonyl (C=O) groups is 1. The molecule has 94 valence electrons. The average molecular weight is 266 g/mol. The first kappa shape index (κ1) is 12.6. The van der Waals surface area contributed by atoms with Gasteiger partial charge in [0, 0.05) is 24.4 Å². The smallest absolute Gasteiger partial charge is 0.251 e. The third kappa shape index (κ3) is 3.30. The average Bonchev–Trinajstić information content (AvgIpc) is 2.92. The van der Waals surface area contributed by atoms with Crippen LogP contribution in [-0.4, -0.2) is 22.6 Å². The van der Waals surface area contributed by atoms with Gasteiger partial charge in [0.2, 0.25) is 6.39 Å². The second-order valence-electron chi connectivity index (χ2n) is 3.68. The summed E-state index contributed by atoms with van der Waals surface area (Å²) < 4.78 is 4.60. The van der Waals surface area contributed by atoms with Crippen LogP contribution in [0.25, 0.3) is 0 Å². The predicted molar refractivity (Wildman–Crippen MR) is 66.3 cm³/mol. The van der Waals surface area contributed by atoms with Gasteiger partial charge in [-0.3, -0.25) is 4.79 Å². The van der Waals surface area contributed by atoms with Gasteiger partial charge < -0.3 is 9.84 Å². The first-order valence-corrected chi connectivity index (χ1v) is 6.01. The largest absolute Gasteiger partial charge is 0.352 e. The van der Waals surface area contributed by atoms with Gasteiger partial charge in [-0.25, -0.2) is 0 Å². The van der Waals surface area contributed by atoms with Crippen LogP contribution >= 0.6 is 11.6 Å². The topological polar surface area (TPSA) is 68.0 Å². The van der Waals surface area contributed by atoms with Gasteiger partial charge in [-0.05, 0) is 17.7 Å². The number of aromatic nitrogens is 2. The molecule has 1 aromatic carbocycles. The highest BCUT2D eigenvalue weighted by Crippen LogP contribution is 2.06. The van der Waals surface area contributed by atoms with Gasteiger partial charge in [0.15, 0.2) is 5.82 Å². The highest BCUT2D eigenvalue weighted by atomic mass is 35.5. The maximum atomic E-state index is 11.8. The highest BCUT2D eigenvalue weighted by molar-refractivity contribution is 6.17. The van der Waals surface area contributed by atoms with Crippen LogP contribution in [0.3, 0.4) is 0 Å². The summed E-state index contributed by atoms with van der Waals surface area (Å²) >= 11 is 5.68. The Morgan fingerprint density at radius 1 is 1.33 bits per heavy atom. The third-order valence-electron chi connectivity index (χ3n) is 2.41. The molecule has 0 unspecified atom stereocenters. The fraction of sp³-hybridized carbons (Fsp3) is 0.250. The molecule has 1 heterocycles. The number of halogens is 1. The second-order valence-corrected chi connectivity index (χ2v) is 3.95. The highest BCUT2D eigenvalue weighted by Gasteiger charge is 2.05. The van der Waals surface area contributed by atoms with Crippen molar-refractivity contribution >= 4 is 17.5 Å². The van der Waals surface area contributed by atoms with Crippen LogP contribution in [0.5, 0.6) is 0 Å². The predicted octanol–water partition coefficient (Wildman–Crippen LogP) is 1.78. The Bertz CT molecular complexity index is 497. The Kier molecular flexibility index (Phi) is 4.30. The molecule has 1 amide bonds. The Balaban J connectivity index is 1.83. The van der Waals surface area contributed by atoms with E-state index in [9.17, 15) is 4.79 Å². The van der Waals surface area contributed by atoms with Crippen LogP contribution in [-0.2, 0) is 12.3 Å². The second kappa shape index (κ2) is 6.16. The van der Waals surface area contributed by atoms with Gasteiger partial charge >= 0.3 is 0 Å². The molecular formula is C12H12ClN3O2. The van der Waals surface area contributed by atoms with Crippen molar-refractivity contribution in [1.82, 2.24) is 15.5 Å². The number of hydrogen-bond donors (Lipinski definition) is 1. The lowest BCUT2D eigenvalue weighted by atomic mass is 10.1. The Morgan fingerprint density at radius 2 is 2.11 bits per heavy atom. The van der Waals surface area contributed by atoms with Crippen molar-refractivity contribution in [2.24, 2.45) is 0 Å². The minimum atomic E-state index is -0.125. The zero-order valence-electron chi connectivity index (χ0n) is 9.60. The maximum Gasteiger partial charge on any atom is 0.251 e. The van der Waals surface area contributed by atoms with Crippen LogP contribution < -0.4 is 5.32 Å². The number of rotatable bonds is 5. The number of nitrogens with one attached hydrogen (secondary N) is 1. The van der Waals surface area contributed by atoms with Crippen LogP contribution in [0, 0.1) is 0 Å². The Morgan fingerprint density at radius 3 is 2.72 bits per heavy atom. The van der Waals surface area contributed by atoms with Crippen molar-refractivity contribution in [1.29, 1.82) is 0 Å². The molecule has 0 atom stereocenters. The molecule has 0 saturated heterocycles. The lowest BCUT2D eigenvalue weighted by molar-refractivity contribution is 0.0954. The first-order chi connectivity index (χ1) is 8.79. The summed E-state index contributed by atoms with van der Waals surface area (Å²) in [7, 11) is 0. The number of alkyl halides is 1. The normalized spacial score (nSPS) is 10.3. The van der Waals surface area contributed by atoms with Crippen LogP contribution in [0.15, 0.2) is 35.2 Å². The lowest BCUT2D eigenvalue weighted by Crippen LogP contribution is -2.25.